The molecule has 1 aromatic heterocycles. The van der Waals surface area contributed by atoms with Gasteiger partial charge in [0.15, 0.2) is 0 Å². The van der Waals surface area contributed by atoms with Crippen LogP contribution in [0.15, 0.2) is 81.9 Å². The number of rotatable bonds is 4. The van der Waals surface area contributed by atoms with Gasteiger partial charge in [0.2, 0.25) is 0 Å². The molecule has 128 valence electrons. The molecule has 2 aromatic carbocycles. The first-order valence-corrected chi connectivity index (χ1v) is 9.51. The van der Waals surface area contributed by atoms with Gasteiger partial charge in [-0.3, -0.25) is 9.59 Å². The molecule has 0 saturated carbocycles. The van der Waals surface area contributed by atoms with Crippen molar-refractivity contribution in [2.45, 2.75) is 4.90 Å². The number of para-hydroxylation sites is 1. The second kappa shape index (κ2) is 6.90. The van der Waals surface area contributed by atoms with Gasteiger partial charge in [0.25, 0.3) is 11.8 Å². The van der Waals surface area contributed by atoms with E-state index >= 15 is 0 Å². The van der Waals surface area contributed by atoms with Crippen molar-refractivity contribution < 1.29 is 14.0 Å². The van der Waals surface area contributed by atoms with Gasteiger partial charge in [-0.25, -0.2) is 9.29 Å². The van der Waals surface area contributed by atoms with Crippen molar-refractivity contribution in [2.24, 2.45) is 0 Å². The Morgan fingerprint density at radius 2 is 1.58 bits per heavy atom. The van der Waals surface area contributed by atoms with Gasteiger partial charge in [-0.1, -0.05) is 48.2 Å². The molecular weight excluding hydrogens is 369 g/mol. The Kier molecular flexibility index (Phi) is 4.44. The van der Waals surface area contributed by atoms with Gasteiger partial charge in [0, 0.05) is 9.77 Å². The molecule has 0 atom stereocenters. The molecule has 1 aliphatic rings. The fraction of sp³-hybridized carbons (Fsp3) is 0. The normalized spacial score (nSPS) is 14.4. The van der Waals surface area contributed by atoms with E-state index in [9.17, 15) is 14.0 Å². The van der Waals surface area contributed by atoms with Crippen LogP contribution in [0.3, 0.4) is 0 Å². The monoisotopic (exact) mass is 381 g/mol. The third-order valence-corrected chi connectivity index (χ3v) is 5.84. The third-order valence-electron chi connectivity index (χ3n) is 3.87. The number of imide groups is 1. The number of halogens is 1. The molecule has 0 bridgehead atoms. The van der Waals surface area contributed by atoms with Crippen LogP contribution in [0.1, 0.15) is 4.88 Å². The van der Waals surface area contributed by atoms with Gasteiger partial charge in [-0.05, 0) is 35.7 Å². The fourth-order valence-electron chi connectivity index (χ4n) is 2.70. The van der Waals surface area contributed by atoms with Gasteiger partial charge < -0.3 is 0 Å². The van der Waals surface area contributed by atoms with E-state index in [1.165, 1.54) is 41.3 Å². The van der Waals surface area contributed by atoms with E-state index in [2.05, 4.69) is 0 Å². The Hall–Kier alpha value is -2.70. The number of hydrogen-bond donors (Lipinski definition) is 0. The minimum absolute atomic E-state index is 0.0276. The second-order valence-corrected chi connectivity index (χ2v) is 7.53. The smallest absolute Gasteiger partial charge is 0.268 e. The lowest BCUT2D eigenvalue weighted by Gasteiger charge is -2.15. The van der Waals surface area contributed by atoms with E-state index in [0.717, 1.165) is 9.80 Å². The molecule has 26 heavy (non-hydrogen) atoms. The van der Waals surface area contributed by atoms with Crippen LogP contribution in [0.4, 0.5) is 10.1 Å². The molecule has 3 aromatic rings. The van der Waals surface area contributed by atoms with E-state index in [1.54, 1.807) is 12.1 Å². The zero-order chi connectivity index (χ0) is 18.1. The van der Waals surface area contributed by atoms with E-state index < -0.39 is 17.6 Å². The highest BCUT2D eigenvalue weighted by molar-refractivity contribution is 8.04. The highest BCUT2D eigenvalue weighted by Gasteiger charge is 2.41. The average molecular weight is 381 g/mol. The lowest BCUT2D eigenvalue weighted by molar-refractivity contribution is -0.119. The Bertz CT molecular complexity index is 1010. The zero-order valence-electron chi connectivity index (χ0n) is 13.4. The molecule has 0 spiro atoms. The summed E-state index contributed by atoms with van der Waals surface area (Å²) < 4.78 is 14.2. The van der Waals surface area contributed by atoms with Crippen molar-refractivity contribution in [3.8, 4) is 0 Å². The summed E-state index contributed by atoms with van der Waals surface area (Å²) >= 11 is 2.60. The molecular formula is C20H12FNO2S2. The van der Waals surface area contributed by atoms with Crippen LogP contribution >= 0.6 is 23.1 Å². The predicted molar refractivity (Wildman–Crippen MR) is 102 cm³/mol. The molecule has 0 saturated heterocycles. The first-order chi connectivity index (χ1) is 12.7. The Morgan fingerprint density at radius 1 is 0.846 bits per heavy atom. The number of carbonyl (C=O) groups excluding carboxylic acids is 2. The summed E-state index contributed by atoms with van der Waals surface area (Å²) in [6.45, 7) is 0. The maximum Gasteiger partial charge on any atom is 0.273 e. The molecule has 4 rings (SSSR count). The van der Waals surface area contributed by atoms with Crippen LogP contribution in [0, 0.1) is 5.82 Å². The van der Waals surface area contributed by atoms with Crippen molar-refractivity contribution in [1.29, 1.82) is 0 Å². The number of thiophene rings is 1. The summed E-state index contributed by atoms with van der Waals surface area (Å²) in [6, 6.07) is 18.8. The molecule has 3 nitrogen and oxygen atoms in total. The standard InChI is InChI=1S/C20H12FNO2S2/c21-14-9-4-5-10-15(14)22-19(23)17(16-11-6-12-25-16)18(20(22)24)26-13-7-2-1-3-8-13/h1-12H. The molecule has 0 radical (unpaired) electrons. The van der Waals surface area contributed by atoms with Gasteiger partial charge in [0.05, 0.1) is 16.2 Å². The topological polar surface area (TPSA) is 37.4 Å². The van der Waals surface area contributed by atoms with Gasteiger partial charge >= 0.3 is 0 Å². The number of benzene rings is 2. The average Bonchev–Trinajstić information content (AvgIpc) is 3.25. The van der Waals surface area contributed by atoms with Crippen molar-refractivity contribution in [2.75, 3.05) is 4.90 Å². The molecule has 2 heterocycles. The first kappa shape index (κ1) is 16.8. The summed E-state index contributed by atoms with van der Waals surface area (Å²) in [5.41, 5.74) is 0.294. The van der Waals surface area contributed by atoms with Crippen molar-refractivity contribution in [3.63, 3.8) is 0 Å². The van der Waals surface area contributed by atoms with Crippen LogP contribution in [0.2, 0.25) is 0 Å². The van der Waals surface area contributed by atoms with Gasteiger partial charge in [0.1, 0.15) is 5.82 Å². The van der Waals surface area contributed by atoms with Crippen LogP contribution in [0.5, 0.6) is 0 Å². The number of amides is 2. The SMILES string of the molecule is O=C1C(Sc2ccccc2)=C(c2cccs2)C(=O)N1c1ccccc1F. The van der Waals surface area contributed by atoms with Crippen molar-refractivity contribution in [1.82, 2.24) is 0 Å². The highest BCUT2D eigenvalue weighted by atomic mass is 32.2. The molecule has 1 aliphatic heterocycles. The van der Waals surface area contributed by atoms with Crippen molar-refractivity contribution in [3.05, 3.63) is 87.7 Å². The summed E-state index contributed by atoms with van der Waals surface area (Å²) in [7, 11) is 0. The van der Waals surface area contributed by atoms with E-state index in [1.807, 2.05) is 41.8 Å². The Labute approximate surface area is 157 Å². The molecule has 0 fully saturated rings. The maximum atomic E-state index is 14.2. The number of nitrogens with zero attached hydrogens (tertiary/aromatic N) is 1. The summed E-state index contributed by atoms with van der Waals surface area (Å²) in [5, 5.41) is 1.84. The fourth-order valence-corrected chi connectivity index (χ4v) is 4.54. The summed E-state index contributed by atoms with van der Waals surface area (Å²) in [4.78, 5) is 28.9. The molecule has 0 N–H and O–H groups in total. The largest absolute Gasteiger partial charge is 0.273 e. The van der Waals surface area contributed by atoms with Crippen LogP contribution in [0.25, 0.3) is 5.57 Å². The van der Waals surface area contributed by atoms with Crippen LogP contribution < -0.4 is 4.90 Å². The summed E-state index contributed by atoms with van der Waals surface area (Å²) in [6.07, 6.45) is 0. The quantitative estimate of drug-likeness (QED) is 0.599. The summed E-state index contributed by atoms with van der Waals surface area (Å²) in [5.74, 6) is -1.61. The highest BCUT2D eigenvalue weighted by Crippen LogP contribution is 2.42. The Morgan fingerprint density at radius 3 is 2.27 bits per heavy atom. The minimum atomic E-state index is -0.606. The number of carbonyl (C=O) groups is 2. The van der Waals surface area contributed by atoms with E-state index in [4.69, 9.17) is 0 Å². The molecule has 0 unspecified atom stereocenters. The Balaban J connectivity index is 1.82. The molecule has 6 heteroatoms. The van der Waals surface area contributed by atoms with Gasteiger partial charge in [-0.15, -0.1) is 11.3 Å². The third kappa shape index (κ3) is 2.87. The van der Waals surface area contributed by atoms with Crippen LogP contribution in [-0.2, 0) is 9.59 Å². The molecule has 0 aliphatic carbocycles. The first-order valence-electron chi connectivity index (χ1n) is 7.81. The minimum Gasteiger partial charge on any atom is -0.268 e. The van der Waals surface area contributed by atoms with E-state index in [0.29, 0.717) is 15.4 Å². The van der Waals surface area contributed by atoms with E-state index in [-0.39, 0.29) is 5.69 Å². The molecule has 2 amide bonds. The van der Waals surface area contributed by atoms with Crippen LogP contribution in [-0.4, -0.2) is 11.8 Å². The lowest BCUT2D eigenvalue weighted by atomic mass is 10.2. The van der Waals surface area contributed by atoms with Gasteiger partial charge in [-0.2, -0.15) is 0 Å². The lowest BCUT2D eigenvalue weighted by Crippen LogP contribution is -2.32. The maximum absolute atomic E-state index is 14.2. The predicted octanol–water partition coefficient (Wildman–Crippen LogP) is 4.96. The van der Waals surface area contributed by atoms with Crippen molar-refractivity contribution >= 4 is 46.2 Å². The zero-order valence-corrected chi connectivity index (χ0v) is 15.0. The number of hydrogen-bond acceptors (Lipinski definition) is 4. The second-order valence-electron chi connectivity index (χ2n) is 5.49. The number of thioether (sulfide) groups is 1. The number of anilines is 1.